The first-order chi connectivity index (χ1) is 13.7. The molecule has 2 N–H and O–H groups in total. The lowest BCUT2D eigenvalue weighted by molar-refractivity contribution is 0.133. The van der Waals surface area contributed by atoms with Crippen LogP contribution in [0.15, 0.2) is 47.5 Å². The minimum atomic E-state index is 0.503. The van der Waals surface area contributed by atoms with Crippen molar-refractivity contribution in [2.75, 3.05) is 27.4 Å². The molecule has 2 aromatic carbocycles. The molecule has 0 atom stereocenters. The number of ether oxygens (including phenoxy) is 3. The zero-order valence-corrected chi connectivity index (χ0v) is 17.2. The van der Waals surface area contributed by atoms with E-state index in [9.17, 15) is 0 Å². The van der Waals surface area contributed by atoms with Crippen molar-refractivity contribution in [2.24, 2.45) is 4.99 Å². The smallest absolute Gasteiger partial charge is 0.191 e. The predicted octanol–water partition coefficient (Wildman–Crippen LogP) is 3.50. The molecular weight excluding hydrogens is 354 g/mol. The van der Waals surface area contributed by atoms with Crippen molar-refractivity contribution in [2.45, 2.75) is 33.5 Å². The zero-order chi connectivity index (χ0) is 20.2. The zero-order valence-electron chi connectivity index (χ0n) is 17.2. The van der Waals surface area contributed by atoms with E-state index in [2.05, 4.69) is 22.8 Å². The topological polar surface area (TPSA) is 64.1 Å². The van der Waals surface area contributed by atoms with Gasteiger partial charge in [0.05, 0.1) is 27.4 Å². The van der Waals surface area contributed by atoms with Crippen LogP contribution in [0.4, 0.5) is 0 Å². The van der Waals surface area contributed by atoms with Gasteiger partial charge in [0.2, 0.25) is 0 Å². The summed E-state index contributed by atoms with van der Waals surface area (Å²) in [7, 11) is 3.30. The summed E-state index contributed by atoms with van der Waals surface area (Å²) in [6.45, 7) is 7.34. The minimum Gasteiger partial charge on any atom is -0.497 e. The van der Waals surface area contributed by atoms with Gasteiger partial charge in [-0.15, -0.1) is 0 Å². The van der Waals surface area contributed by atoms with Gasteiger partial charge in [-0.05, 0) is 37.1 Å². The van der Waals surface area contributed by atoms with Gasteiger partial charge < -0.3 is 24.8 Å². The number of rotatable bonds is 10. The van der Waals surface area contributed by atoms with E-state index in [-0.39, 0.29) is 0 Å². The number of nitrogens with zero attached hydrogens (tertiary/aromatic N) is 1. The second kappa shape index (κ2) is 11.9. The Hall–Kier alpha value is -2.73. The molecule has 0 aromatic heterocycles. The van der Waals surface area contributed by atoms with Crippen LogP contribution in [0, 0.1) is 0 Å². The van der Waals surface area contributed by atoms with Crippen LogP contribution >= 0.6 is 0 Å². The standard InChI is InChI=1S/C22H31N3O3/c1-5-23-22(24-14-17-9-7-8-10-19(17)16-28-6-2)25-15-18-11-12-20(26-3)13-21(18)27-4/h7-13H,5-6,14-16H2,1-4H3,(H2,23,24,25). The Morgan fingerprint density at radius 1 is 0.929 bits per heavy atom. The van der Waals surface area contributed by atoms with E-state index in [0.29, 0.717) is 26.3 Å². The van der Waals surface area contributed by atoms with Crippen LogP contribution in [-0.2, 0) is 24.4 Å². The van der Waals surface area contributed by atoms with Crippen molar-refractivity contribution in [1.82, 2.24) is 10.6 Å². The first-order valence-corrected chi connectivity index (χ1v) is 9.59. The van der Waals surface area contributed by atoms with Gasteiger partial charge in [-0.1, -0.05) is 24.3 Å². The molecule has 0 aliphatic heterocycles. The van der Waals surface area contributed by atoms with Gasteiger partial charge in [0.25, 0.3) is 0 Å². The second-order valence-electron chi connectivity index (χ2n) is 6.13. The van der Waals surface area contributed by atoms with E-state index in [1.54, 1.807) is 14.2 Å². The van der Waals surface area contributed by atoms with E-state index in [1.807, 2.05) is 44.2 Å². The van der Waals surface area contributed by atoms with E-state index in [0.717, 1.165) is 29.6 Å². The van der Waals surface area contributed by atoms with Crippen LogP contribution < -0.4 is 20.1 Å². The number of nitrogens with one attached hydrogen (secondary N) is 2. The van der Waals surface area contributed by atoms with Crippen LogP contribution in [-0.4, -0.2) is 33.3 Å². The second-order valence-corrected chi connectivity index (χ2v) is 6.13. The van der Waals surface area contributed by atoms with Crippen molar-refractivity contribution in [3.63, 3.8) is 0 Å². The van der Waals surface area contributed by atoms with Crippen LogP contribution in [0.25, 0.3) is 0 Å². The van der Waals surface area contributed by atoms with Gasteiger partial charge in [-0.2, -0.15) is 0 Å². The highest BCUT2D eigenvalue weighted by molar-refractivity contribution is 5.79. The van der Waals surface area contributed by atoms with E-state index < -0.39 is 0 Å². The average Bonchev–Trinajstić information content (AvgIpc) is 2.74. The van der Waals surface area contributed by atoms with E-state index in [4.69, 9.17) is 19.2 Å². The fourth-order valence-corrected chi connectivity index (χ4v) is 2.75. The molecule has 0 fully saturated rings. The Kier molecular flexibility index (Phi) is 9.15. The summed E-state index contributed by atoms with van der Waals surface area (Å²) in [5.41, 5.74) is 3.38. The molecule has 0 heterocycles. The highest BCUT2D eigenvalue weighted by atomic mass is 16.5. The molecule has 6 heteroatoms. The summed E-state index contributed by atoms with van der Waals surface area (Å²) in [5, 5.41) is 6.69. The molecule has 2 aromatic rings. The Balaban J connectivity index is 2.07. The van der Waals surface area contributed by atoms with Crippen LogP contribution in [0.2, 0.25) is 0 Å². The van der Waals surface area contributed by atoms with Gasteiger partial charge in [0.1, 0.15) is 11.5 Å². The molecule has 6 nitrogen and oxygen atoms in total. The monoisotopic (exact) mass is 385 g/mol. The van der Waals surface area contributed by atoms with Crippen molar-refractivity contribution < 1.29 is 14.2 Å². The van der Waals surface area contributed by atoms with Gasteiger partial charge >= 0.3 is 0 Å². The number of methoxy groups -OCH3 is 2. The maximum absolute atomic E-state index is 5.57. The molecule has 152 valence electrons. The van der Waals surface area contributed by atoms with Crippen molar-refractivity contribution >= 4 is 5.96 Å². The average molecular weight is 386 g/mol. The highest BCUT2D eigenvalue weighted by Crippen LogP contribution is 2.25. The molecule has 0 aliphatic rings. The molecule has 0 spiro atoms. The lowest BCUT2D eigenvalue weighted by atomic mass is 10.1. The van der Waals surface area contributed by atoms with Crippen molar-refractivity contribution in [3.8, 4) is 11.5 Å². The molecule has 0 saturated heterocycles. The van der Waals surface area contributed by atoms with E-state index >= 15 is 0 Å². The maximum Gasteiger partial charge on any atom is 0.191 e. The Labute approximate surface area is 167 Å². The summed E-state index contributed by atoms with van der Waals surface area (Å²) in [4.78, 5) is 4.70. The van der Waals surface area contributed by atoms with Crippen LogP contribution in [0.3, 0.4) is 0 Å². The van der Waals surface area contributed by atoms with Gasteiger partial charge in [0, 0.05) is 31.3 Å². The third-order valence-corrected chi connectivity index (χ3v) is 4.27. The Morgan fingerprint density at radius 2 is 1.71 bits per heavy atom. The number of benzene rings is 2. The molecule has 28 heavy (non-hydrogen) atoms. The van der Waals surface area contributed by atoms with Crippen LogP contribution in [0.1, 0.15) is 30.5 Å². The van der Waals surface area contributed by atoms with Crippen molar-refractivity contribution in [1.29, 1.82) is 0 Å². The normalized spacial score (nSPS) is 11.2. The van der Waals surface area contributed by atoms with Crippen molar-refractivity contribution in [3.05, 3.63) is 59.2 Å². The Morgan fingerprint density at radius 3 is 2.39 bits per heavy atom. The molecule has 0 saturated carbocycles. The van der Waals surface area contributed by atoms with Crippen LogP contribution in [0.5, 0.6) is 11.5 Å². The Bertz CT molecular complexity index is 762. The summed E-state index contributed by atoms with van der Waals surface area (Å²) in [6.07, 6.45) is 0. The quantitative estimate of drug-likeness (QED) is 0.484. The highest BCUT2D eigenvalue weighted by Gasteiger charge is 2.07. The summed E-state index contributed by atoms with van der Waals surface area (Å²) < 4.78 is 16.3. The number of hydrogen-bond donors (Lipinski definition) is 2. The molecule has 0 unspecified atom stereocenters. The maximum atomic E-state index is 5.57. The van der Waals surface area contributed by atoms with Gasteiger partial charge in [-0.25, -0.2) is 4.99 Å². The molecule has 0 amide bonds. The SMILES string of the molecule is CCNC(=NCc1ccc(OC)cc1OC)NCc1ccccc1COCC. The number of aliphatic imine (C=N–C) groups is 1. The number of guanidine groups is 1. The summed E-state index contributed by atoms with van der Waals surface area (Å²) in [5.74, 6) is 2.29. The molecular formula is C22H31N3O3. The molecule has 2 rings (SSSR count). The first-order valence-electron chi connectivity index (χ1n) is 9.59. The third kappa shape index (κ3) is 6.46. The number of hydrogen-bond acceptors (Lipinski definition) is 4. The largest absolute Gasteiger partial charge is 0.497 e. The van der Waals surface area contributed by atoms with E-state index in [1.165, 1.54) is 11.1 Å². The fourth-order valence-electron chi connectivity index (χ4n) is 2.75. The van der Waals surface area contributed by atoms with Gasteiger partial charge in [-0.3, -0.25) is 0 Å². The summed E-state index contributed by atoms with van der Waals surface area (Å²) in [6, 6.07) is 14.0. The minimum absolute atomic E-state index is 0.503. The lowest BCUT2D eigenvalue weighted by Gasteiger charge is -2.15. The predicted molar refractivity (Wildman–Crippen MR) is 113 cm³/mol. The third-order valence-electron chi connectivity index (χ3n) is 4.27. The molecule has 0 bridgehead atoms. The fraction of sp³-hybridized carbons (Fsp3) is 0.409. The summed E-state index contributed by atoms with van der Waals surface area (Å²) >= 11 is 0. The first kappa shape index (κ1) is 21.6. The van der Waals surface area contributed by atoms with Gasteiger partial charge in [0.15, 0.2) is 5.96 Å². The lowest BCUT2D eigenvalue weighted by Crippen LogP contribution is -2.37. The molecule has 0 radical (unpaired) electrons. The molecule has 0 aliphatic carbocycles.